The number of nitrogens with zero attached hydrogens (tertiary/aromatic N) is 5. The summed E-state index contributed by atoms with van der Waals surface area (Å²) in [6.07, 6.45) is 8.82. The van der Waals surface area contributed by atoms with Gasteiger partial charge in [-0.15, -0.1) is 24.0 Å². The van der Waals surface area contributed by atoms with Crippen LogP contribution in [0.25, 0.3) is 0 Å². The van der Waals surface area contributed by atoms with Crippen LogP contribution in [0.1, 0.15) is 38.2 Å². The van der Waals surface area contributed by atoms with Crippen LogP contribution in [0.3, 0.4) is 0 Å². The molecule has 1 aliphatic heterocycles. The van der Waals surface area contributed by atoms with Gasteiger partial charge in [0.15, 0.2) is 5.96 Å². The Labute approximate surface area is 202 Å². The molecule has 2 aromatic rings. The predicted octanol–water partition coefficient (Wildman–Crippen LogP) is 3.70. The quantitative estimate of drug-likeness (QED) is 0.345. The van der Waals surface area contributed by atoms with Crippen molar-refractivity contribution in [3.8, 4) is 5.75 Å². The van der Waals surface area contributed by atoms with Gasteiger partial charge in [0.1, 0.15) is 5.75 Å². The molecule has 2 fully saturated rings. The third-order valence-electron chi connectivity index (χ3n) is 5.72. The van der Waals surface area contributed by atoms with Gasteiger partial charge in [-0.1, -0.05) is 18.2 Å². The van der Waals surface area contributed by atoms with Crippen molar-refractivity contribution in [3.05, 3.63) is 48.3 Å². The molecule has 0 unspecified atom stereocenters. The minimum atomic E-state index is 0. The molecule has 1 aromatic carbocycles. The Morgan fingerprint density at radius 2 is 1.77 bits per heavy atom. The monoisotopic (exact) mass is 536 g/mol. The number of anilines is 1. The van der Waals surface area contributed by atoms with E-state index in [0.717, 1.165) is 68.8 Å². The molecule has 0 atom stereocenters. The van der Waals surface area contributed by atoms with Gasteiger partial charge in [0.05, 0.1) is 12.6 Å². The van der Waals surface area contributed by atoms with Crippen molar-refractivity contribution in [1.29, 1.82) is 0 Å². The first kappa shape index (κ1) is 23.6. The lowest BCUT2D eigenvalue weighted by atomic mass is 10.2. The van der Waals surface area contributed by atoms with Crippen molar-refractivity contribution in [3.63, 3.8) is 0 Å². The zero-order valence-electron chi connectivity index (χ0n) is 18.2. The molecule has 0 bridgehead atoms. The van der Waals surface area contributed by atoms with E-state index in [1.54, 1.807) is 12.4 Å². The average molecular weight is 536 g/mol. The number of guanidine groups is 1. The molecule has 1 saturated carbocycles. The summed E-state index contributed by atoms with van der Waals surface area (Å²) in [5, 5.41) is 3.46. The average Bonchev–Trinajstić information content (AvgIpc) is 3.31. The highest BCUT2D eigenvalue weighted by molar-refractivity contribution is 14.0. The van der Waals surface area contributed by atoms with Crippen LogP contribution < -0.4 is 15.0 Å². The van der Waals surface area contributed by atoms with E-state index in [9.17, 15) is 0 Å². The predicted molar refractivity (Wildman–Crippen MR) is 135 cm³/mol. The maximum Gasteiger partial charge on any atom is 0.225 e. The van der Waals surface area contributed by atoms with Crippen LogP contribution in [-0.4, -0.2) is 59.7 Å². The van der Waals surface area contributed by atoms with Gasteiger partial charge in [0, 0.05) is 50.7 Å². The van der Waals surface area contributed by atoms with E-state index < -0.39 is 0 Å². The first-order valence-corrected chi connectivity index (χ1v) is 11.1. The fourth-order valence-corrected chi connectivity index (χ4v) is 4.09. The van der Waals surface area contributed by atoms with Gasteiger partial charge >= 0.3 is 0 Å². The highest BCUT2D eigenvalue weighted by atomic mass is 127. The number of halogens is 1. The maximum atomic E-state index is 6.28. The number of aliphatic imine (C=N–C) groups is 1. The smallest absolute Gasteiger partial charge is 0.225 e. The van der Waals surface area contributed by atoms with Crippen molar-refractivity contribution in [2.45, 2.75) is 45.3 Å². The van der Waals surface area contributed by atoms with Gasteiger partial charge in [-0.2, -0.15) is 0 Å². The number of hydrogen-bond acceptors (Lipinski definition) is 5. The molecular formula is C23H33IN6O. The molecule has 8 heteroatoms. The number of benzene rings is 1. The van der Waals surface area contributed by atoms with Crippen LogP contribution in [0.4, 0.5) is 5.95 Å². The molecule has 168 valence electrons. The van der Waals surface area contributed by atoms with Crippen LogP contribution in [0.15, 0.2) is 47.7 Å². The fourth-order valence-electron chi connectivity index (χ4n) is 4.09. The summed E-state index contributed by atoms with van der Waals surface area (Å²) >= 11 is 0. The summed E-state index contributed by atoms with van der Waals surface area (Å²) in [5.74, 6) is 2.74. The molecule has 1 aromatic heterocycles. The minimum Gasteiger partial charge on any atom is -0.490 e. The molecule has 1 aliphatic carbocycles. The van der Waals surface area contributed by atoms with E-state index in [0.29, 0.717) is 12.6 Å². The van der Waals surface area contributed by atoms with E-state index in [4.69, 9.17) is 9.73 Å². The molecule has 0 spiro atoms. The normalized spacial score (nSPS) is 17.4. The zero-order chi connectivity index (χ0) is 20.6. The molecule has 0 radical (unpaired) electrons. The van der Waals surface area contributed by atoms with Gasteiger partial charge in [-0.05, 0) is 44.7 Å². The fraction of sp³-hybridized carbons (Fsp3) is 0.522. The van der Waals surface area contributed by atoms with E-state index in [1.807, 2.05) is 12.1 Å². The molecule has 1 saturated heterocycles. The third kappa shape index (κ3) is 6.44. The summed E-state index contributed by atoms with van der Waals surface area (Å²) in [5.41, 5.74) is 1.15. The van der Waals surface area contributed by atoms with Crippen LogP contribution >= 0.6 is 24.0 Å². The van der Waals surface area contributed by atoms with Crippen LogP contribution in [-0.2, 0) is 6.54 Å². The van der Waals surface area contributed by atoms with Crippen molar-refractivity contribution < 1.29 is 4.74 Å². The second-order valence-electron chi connectivity index (χ2n) is 7.83. The van der Waals surface area contributed by atoms with Gasteiger partial charge in [-0.3, -0.25) is 0 Å². The highest BCUT2D eigenvalue weighted by Crippen LogP contribution is 2.27. The Hall–Kier alpha value is -2.10. The third-order valence-corrected chi connectivity index (χ3v) is 5.72. The van der Waals surface area contributed by atoms with Crippen LogP contribution in [0, 0.1) is 0 Å². The number of rotatable bonds is 6. The largest absolute Gasteiger partial charge is 0.490 e. The molecule has 1 N–H and O–H groups in total. The van der Waals surface area contributed by atoms with Crippen molar-refractivity contribution in [1.82, 2.24) is 20.2 Å². The lowest BCUT2D eigenvalue weighted by Crippen LogP contribution is -2.53. The lowest BCUT2D eigenvalue weighted by molar-refractivity contribution is 0.208. The number of piperazine rings is 1. The molecule has 31 heavy (non-hydrogen) atoms. The van der Waals surface area contributed by atoms with Crippen LogP contribution in [0.2, 0.25) is 0 Å². The van der Waals surface area contributed by atoms with E-state index in [1.165, 1.54) is 12.8 Å². The number of para-hydroxylation sites is 1. The lowest BCUT2D eigenvalue weighted by Gasteiger charge is -2.36. The topological polar surface area (TPSA) is 65.9 Å². The Bertz CT molecular complexity index is 820. The van der Waals surface area contributed by atoms with Gasteiger partial charge in [-0.25, -0.2) is 15.0 Å². The Balaban J connectivity index is 0.00000272. The Kier molecular flexibility index (Phi) is 9.17. The summed E-state index contributed by atoms with van der Waals surface area (Å²) < 4.78 is 6.28. The van der Waals surface area contributed by atoms with Crippen molar-refractivity contribution in [2.24, 2.45) is 4.99 Å². The van der Waals surface area contributed by atoms with Gasteiger partial charge < -0.3 is 19.9 Å². The number of nitrogens with one attached hydrogen (secondary N) is 1. The SMILES string of the molecule is CCNC(=NCc1ccccc1OC1CCCC1)N1CCN(c2ncccn2)CC1.I. The summed E-state index contributed by atoms with van der Waals surface area (Å²) in [7, 11) is 0. The standard InChI is InChI=1S/C23H32N6O.HI/c1-2-24-22(28-14-16-29(17-15-28)23-25-12-7-13-26-23)27-18-19-8-3-6-11-21(19)30-20-9-4-5-10-20;/h3,6-8,11-13,20H,2,4-5,9-10,14-18H2,1H3,(H,24,27);1H. The van der Waals surface area contributed by atoms with Crippen molar-refractivity contribution in [2.75, 3.05) is 37.6 Å². The Morgan fingerprint density at radius 3 is 2.48 bits per heavy atom. The number of aromatic nitrogens is 2. The van der Waals surface area contributed by atoms with E-state index in [2.05, 4.69) is 50.2 Å². The van der Waals surface area contributed by atoms with Crippen molar-refractivity contribution >= 4 is 35.9 Å². The van der Waals surface area contributed by atoms with Gasteiger partial charge in [0.25, 0.3) is 0 Å². The van der Waals surface area contributed by atoms with Crippen LogP contribution in [0.5, 0.6) is 5.75 Å². The first-order chi connectivity index (χ1) is 14.8. The molecule has 4 rings (SSSR count). The maximum absolute atomic E-state index is 6.28. The minimum absolute atomic E-state index is 0. The molecule has 7 nitrogen and oxygen atoms in total. The van der Waals surface area contributed by atoms with E-state index in [-0.39, 0.29) is 24.0 Å². The van der Waals surface area contributed by atoms with E-state index >= 15 is 0 Å². The molecular weight excluding hydrogens is 503 g/mol. The summed E-state index contributed by atoms with van der Waals surface area (Å²) in [6.45, 7) is 7.13. The summed E-state index contributed by atoms with van der Waals surface area (Å²) in [4.78, 5) is 18.2. The zero-order valence-corrected chi connectivity index (χ0v) is 20.6. The molecule has 0 amide bonds. The number of hydrogen-bond donors (Lipinski definition) is 1. The second kappa shape index (κ2) is 12.1. The van der Waals surface area contributed by atoms with Gasteiger partial charge in [0.2, 0.25) is 5.95 Å². The highest BCUT2D eigenvalue weighted by Gasteiger charge is 2.21. The first-order valence-electron chi connectivity index (χ1n) is 11.1. The second-order valence-corrected chi connectivity index (χ2v) is 7.83. The number of ether oxygens (including phenoxy) is 1. The molecule has 2 heterocycles. The summed E-state index contributed by atoms with van der Waals surface area (Å²) in [6, 6.07) is 10.2. The Morgan fingerprint density at radius 1 is 1.06 bits per heavy atom. The molecule has 2 aliphatic rings.